The molecule has 154 valence electrons. The van der Waals surface area contributed by atoms with Crippen molar-refractivity contribution in [2.45, 2.75) is 40.8 Å². The Morgan fingerprint density at radius 1 is 1.03 bits per heavy atom. The molecule has 30 heavy (non-hydrogen) atoms. The summed E-state index contributed by atoms with van der Waals surface area (Å²) in [5, 5.41) is 8.58. The molecule has 0 saturated heterocycles. The van der Waals surface area contributed by atoms with Gasteiger partial charge in [-0.25, -0.2) is 14.1 Å². The van der Waals surface area contributed by atoms with E-state index in [0.717, 1.165) is 39.4 Å². The number of halogens is 1. The first-order valence-corrected chi connectivity index (χ1v) is 9.84. The van der Waals surface area contributed by atoms with Gasteiger partial charge in [-0.3, -0.25) is 4.79 Å². The van der Waals surface area contributed by atoms with E-state index in [2.05, 4.69) is 14.9 Å². The number of hydrogen-bond acceptors (Lipinski definition) is 3. The predicted octanol–water partition coefficient (Wildman–Crippen LogP) is 3.91. The number of carbonyl (C=O) groups excluding carboxylic acids is 1. The molecule has 1 N–H and O–H groups in total. The van der Waals surface area contributed by atoms with E-state index < -0.39 is 0 Å². The van der Waals surface area contributed by atoms with Crippen LogP contribution in [-0.4, -0.2) is 25.2 Å². The maximum Gasteiger partial charge on any atom is 0.242 e. The van der Waals surface area contributed by atoms with E-state index in [9.17, 15) is 9.18 Å². The number of rotatable bonds is 5. The average molecular weight is 405 g/mol. The van der Waals surface area contributed by atoms with Gasteiger partial charge >= 0.3 is 0 Å². The molecule has 0 aliphatic rings. The molecular weight excluding hydrogens is 381 g/mol. The third kappa shape index (κ3) is 3.70. The Labute approximate surface area is 174 Å². The minimum atomic E-state index is -0.298. The molecule has 1 amide bonds. The Morgan fingerprint density at radius 2 is 1.70 bits per heavy atom. The summed E-state index contributed by atoms with van der Waals surface area (Å²) in [6, 6.07) is 12.2. The molecule has 0 fully saturated rings. The van der Waals surface area contributed by atoms with Crippen LogP contribution in [0.5, 0.6) is 0 Å². The SMILES string of the molecule is Cc1cc(C)c2c(-n3c(C)ccc3C)nn(CC(=O)NCc3ccc(F)cc3)c2n1. The van der Waals surface area contributed by atoms with Crippen molar-refractivity contribution in [3.8, 4) is 5.82 Å². The van der Waals surface area contributed by atoms with Crippen LogP contribution in [0.25, 0.3) is 16.9 Å². The topological polar surface area (TPSA) is 64.7 Å². The number of nitrogens with one attached hydrogen (secondary N) is 1. The van der Waals surface area contributed by atoms with Gasteiger partial charge in [-0.1, -0.05) is 12.1 Å². The van der Waals surface area contributed by atoms with Gasteiger partial charge in [-0.15, -0.1) is 0 Å². The van der Waals surface area contributed by atoms with E-state index in [1.165, 1.54) is 12.1 Å². The molecule has 0 aliphatic heterocycles. The molecular formula is C23H24FN5O. The summed E-state index contributed by atoms with van der Waals surface area (Å²) < 4.78 is 16.8. The molecule has 0 unspecified atom stereocenters. The normalized spacial score (nSPS) is 11.2. The highest BCUT2D eigenvalue weighted by Crippen LogP contribution is 2.27. The van der Waals surface area contributed by atoms with Crippen molar-refractivity contribution in [2.24, 2.45) is 0 Å². The van der Waals surface area contributed by atoms with E-state index in [0.29, 0.717) is 12.2 Å². The summed E-state index contributed by atoms with van der Waals surface area (Å²) >= 11 is 0. The lowest BCUT2D eigenvalue weighted by Gasteiger charge is -2.07. The van der Waals surface area contributed by atoms with Crippen LogP contribution in [0.3, 0.4) is 0 Å². The van der Waals surface area contributed by atoms with Crippen molar-refractivity contribution >= 4 is 16.9 Å². The summed E-state index contributed by atoms with van der Waals surface area (Å²) in [6.07, 6.45) is 0. The highest BCUT2D eigenvalue weighted by molar-refractivity contribution is 5.88. The largest absolute Gasteiger partial charge is 0.350 e. The minimum Gasteiger partial charge on any atom is -0.350 e. The average Bonchev–Trinajstić information content (AvgIpc) is 3.20. The number of nitrogens with zero attached hydrogens (tertiary/aromatic N) is 4. The molecule has 0 aliphatic carbocycles. The van der Waals surface area contributed by atoms with Gasteiger partial charge in [-0.2, -0.15) is 5.10 Å². The number of hydrogen-bond donors (Lipinski definition) is 1. The van der Waals surface area contributed by atoms with E-state index >= 15 is 0 Å². The van der Waals surface area contributed by atoms with Crippen LogP contribution >= 0.6 is 0 Å². The highest BCUT2D eigenvalue weighted by Gasteiger charge is 2.19. The van der Waals surface area contributed by atoms with Crippen molar-refractivity contribution in [1.82, 2.24) is 24.6 Å². The Morgan fingerprint density at radius 3 is 2.37 bits per heavy atom. The third-order valence-electron chi connectivity index (χ3n) is 5.19. The number of benzene rings is 1. The molecule has 3 heterocycles. The molecule has 7 heteroatoms. The van der Waals surface area contributed by atoms with Gasteiger partial charge in [0, 0.05) is 23.6 Å². The summed E-state index contributed by atoms with van der Waals surface area (Å²) in [4.78, 5) is 17.3. The molecule has 3 aromatic heterocycles. The molecule has 0 atom stereocenters. The monoisotopic (exact) mass is 405 g/mol. The van der Waals surface area contributed by atoms with Gasteiger partial charge in [0.05, 0.1) is 5.39 Å². The molecule has 0 radical (unpaired) electrons. The van der Waals surface area contributed by atoms with Gasteiger partial charge in [-0.05, 0) is 69.2 Å². The standard InChI is InChI=1S/C23H24FN5O/c1-14-11-15(2)26-22-21(14)23(29-16(3)5-6-17(29)4)27-28(22)13-20(30)25-12-18-7-9-19(24)10-8-18/h5-11H,12-13H2,1-4H3,(H,25,30). The minimum absolute atomic E-state index is 0.0486. The van der Waals surface area contributed by atoms with Crippen molar-refractivity contribution < 1.29 is 9.18 Å². The summed E-state index contributed by atoms with van der Waals surface area (Å²) in [5.74, 6) is 0.298. The number of aryl methyl sites for hydroxylation is 4. The first-order valence-electron chi connectivity index (χ1n) is 9.84. The van der Waals surface area contributed by atoms with Crippen LogP contribution in [-0.2, 0) is 17.9 Å². The molecule has 4 aromatic rings. The number of carbonyl (C=O) groups is 1. The first-order chi connectivity index (χ1) is 14.3. The van der Waals surface area contributed by atoms with Crippen molar-refractivity contribution in [2.75, 3.05) is 0 Å². The lowest BCUT2D eigenvalue weighted by atomic mass is 10.1. The van der Waals surface area contributed by atoms with Crippen molar-refractivity contribution in [3.63, 3.8) is 0 Å². The van der Waals surface area contributed by atoms with Gasteiger partial charge < -0.3 is 9.88 Å². The first kappa shape index (κ1) is 19.8. The van der Waals surface area contributed by atoms with Crippen LogP contribution < -0.4 is 5.32 Å². The predicted molar refractivity (Wildman–Crippen MR) is 114 cm³/mol. The summed E-state index contributed by atoms with van der Waals surface area (Å²) in [5.41, 5.74) is 5.60. The molecule has 0 bridgehead atoms. The highest BCUT2D eigenvalue weighted by atomic mass is 19.1. The second kappa shape index (κ2) is 7.74. The van der Waals surface area contributed by atoms with Crippen LogP contribution in [0.2, 0.25) is 0 Å². The van der Waals surface area contributed by atoms with E-state index in [1.54, 1.807) is 16.8 Å². The van der Waals surface area contributed by atoms with E-state index in [4.69, 9.17) is 5.10 Å². The number of amides is 1. The quantitative estimate of drug-likeness (QED) is 0.548. The summed E-state index contributed by atoms with van der Waals surface area (Å²) in [7, 11) is 0. The van der Waals surface area contributed by atoms with Gasteiger partial charge in [0.15, 0.2) is 11.5 Å². The maximum absolute atomic E-state index is 13.1. The van der Waals surface area contributed by atoms with Crippen molar-refractivity contribution in [3.05, 3.63) is 76.5 Å². The fourth-order valence-electron chi connectivity index (χ4n) is 3.76. The third-order valence-corrected chi connectivity index (χ3v) is 5.19. The lowest BCUT2D eigenvalue weighted by Crippen LogP contribution is -2.27. The smallest absolute Gasteiger partial charge is 0.242 e. The molecule has 0 spiro atoms. The van der Waals surface area contributed by atoms with Crippen LogP contribution in [0, 0.1) is 33.5 Å². The van der Waals surface area contributed by atoms with Crippen LogP contribution in [0.4, 0.5) is 4.39 Å². The molecule has 1 aromatic carbocycles. The fraction of sp³-hybridized carbons (Fsp3) is 0.261. The Kier molecular flexibility index (Phi) is 5.11. The number of pyridine rings is 1. The van der Waals surface area contributed by atoms with Gasteiger partial charge in [0.1, 0.15) is 12.4 Å². The fourth-order valence-corrected chi connectivity index (χ4v) is 3.76. The van der Waals surface area contributed by atoms with Crippen LogP contribution in [0.1, 0.15) is 28.2 Å². The zero-order valence-electron chi connectivity index (χ0n) is 17.5. The Balaban J connectivity index is 1.67. The lowest BCUT2D eigenvalue weighted by molar-refractivity contribution is -0.121. The molecule has 0 saturated carbocycles. The maximum atomic E-state index is 13.1. The van der Waals surface area contributed by atoms with Crippen LogP contribution in [0.15, 0.2) is 42.5 Å². The zero-order valence-corrected chi connectivity index (χ0v) is 17.5. The number of aromatic nitrogens is 4. The molecule has 6 nitrogen and oxygen atoms in total. The van der Waals surface area contributed by atoms with E-state index in [1.807, 2.05) is 45.9 Å². The van der Waals surface area contributed by atoms with E-state index in [-0.39, 0.29) is 18.3 Å². The number of fused-ring (bicyclic) bond motifs is 1. The second-order valence-electron chi connectivity index (χ2n) is 7.62. The second-order valence-corrected chi connectivity index (χ2v) is 7.62. The van der Waals surface area contributed by atoms with Crippen molar-refractivity contribution in [1.29, 1.82) is 0 Å². The van der Waals surface area contributed by atoms with Gasteiger partial charge in [0.25, 0.3) is 0 Å². The zero-order chi connectivity index (χ0) is 21.4. The molecule has 4 rings (SSSR count). The Bertz CT molecular complexity index is 1220. The Hall–Kier alpha value is -3.48. The summed E-state index contributed by atoms with van der Waals surface area (Å²) in [6.45, 7) is 8.41. The van der Waals surface area contributed by atoms with Gasteiger partial charge in [0.2, 0.25) is 5.91 Å².